The van der Waals surface area contributed by atoms with Gasteiger partial charge in [-0.15, -0.1) is 0 Å². The van der Waals surface area contributed by atoms with E-state index in [4.69, 9.17) is 15.7 Å². The minimum absolute atomic E-state index is 0.0608. The fourth-order valence-electron chi connectivity index (χ4n) is 3.14. The SMILES string of the molecule is Cc1cc(S(F)(F)(F)(F)F)cc2c1O[C@H](C(F)(F)F)C(C(=O)NC(CCCN=C(N)NO)C(=O)O)=C2. The fraction of sp³-hybridized carbons (Fsp3) is 0.389. The molecule has 9 nitrogen and oxygen atoms in total. The van der Waals surface area contributed by atoms with Crippen molar-refractivity contribution in [1.29, 1.82) is 0 Å². The maximum absolute atomic E-state index is 13.6. The van der Waals surface area contributed by atoms with Crippen LogP contribution in [0.3, 0.4) is 0 Å². The molecule has 18 heteroatoms. The number of carbonyl (C=O) groups excluding carboxylic acids is 1. The van der Waals surface area contributed by atoms with E-state index < -0.39 is 73.7 Å². The highest BCUT2D eigenvalue weighted by Crippen LogP contribution is 3.02. The summed E-state index contributed by atoms with van der Waals surface area (Å²) in [6.07, 6.45) is -8.47. The molecule has 0 aromatic heterocycles. The van der Waals surface area contributed by atoms with Crippen LogP contribution in [-0.2, 0) is 9.59 Å². The first-order chi connectivity index (χ1) is 16.1. The van der Waals surface area contributed by atoms with E-state index in [0.29, 0.717) is 6.08 Å². The quantitative estimate of drug-likeness (QED) is 0.107. The summed E-state index contributed by atoms with van der Waals surface area (Å²) in [5.74, 6) is -4.54. The van der Waals surface area contributed by atoms with Gasteiger partial charge in [-0.25, -0.2) is 10.3 Å². The van der Waals surface area contributed by atoms with Gasteiger partial charge in [0.1, 0.15) is 16.7 Å². The Kier molecular flexibility index (Phi) is 7.23. The number of carboxylic acid groups (broad SMARTS) is 1. The zero-order valence-electron chi connectivity index (χ0n) is 18.1. The lowest BCUT2D eigenvalue weighted by Gasteiger charge is -2.41. The lowest BCUT2D eigenvalue weighted by Crippen LogP contribution is -2.47. The maximum atomic E-state index is 13.6. The van der Waals surface area contributed by atoms with Crippen LogP contribution in [-0.4, -0.2) is 53.0 Å². The average molecular weight is 556 g/mol. The number of nitrogens with zero attached hydrogens (tertiary/aromatic N) is 1. The lowest BCUT2D eigenvalue weighted by molar-refractivity contribution is -0.185. The van der Waals surface area contributed by atoms with E-state index in [1.165, 1.54) is 5.48 Å². The Bertz CT molecular complexity index is 1120. The van der Waals surface area contributed by atoms with Crippen molar-refractivity contribution in [1.82, 2.24) is 10.8 Å². The van der Waals surface area contributed by atoms with E-state index in [1.807, 2.05) is 0 Å². The third-order valence-electron chi connectivity index (χ3n) is 4.76. The number of benzene rings is 1. The molecule has 1 heterocycles. The zero-order valence-corrected chi connectivity index (χ0v) is 18.9. The monoisotopic (exact) mass is 556 g/mol. The maximum Gasteiger partial charge on any atom is 0.429 e. The smallest absolute Gasteiger partial charge is 0.429 e. The van der Waals surface area contributed by atoms with Gasteiger partial charge in [0, 0.05) is 12.1 Å². The van der Waals surface area contributed by atoms with Crippen LogP contribution < -0.4 is 21.3 Å². The summed E-state index contributed by atoms with van der Waals surface area (Å²) in [6, 6.07) is -1.98. The van der Waals surface area contributed by atoms with Crippen LogP contribution in [0.25, 0.3) is 6.08 Å². The number of aliphatic imine (C=N–C) groups is 1. The minimum Gasteiger partial charge on any atom is -0.480 e. The number of aliphatic carboxylic acids is 1. The number of fused-ring (bicyclic) bond motifs is 1. The van der Waals surface area contributed by atoms with E-state index in [9.17, 15) is 47.3 Å². The predicted octanol–water partition coefficient (Wildman–Crippen LogP) is 4.00. The third kappa shape index (κ3) is 7.12. The van der Waals surface area contributed by atoms with Crippen molar-refractivity contribution in [2.24, 2.45) is 10.7 Å². The van der Waals surface area contributed by atoms with Crippen molar-refractivity contribution in [2.45, 2.75) is 43.0 Å². The molecule has 1 unspecified atom stereocenters. The van der Waals surface area contributed by atoms with E-state index >= 15 is 0 Å². The van der Waals surface area contributed by atoms with Crippen molar-refractivity contribution >= 4 is 34.1 Å². The molecule has 6 N–H and O–H groups in total. The molecule has 2 atom stereocenters. The molecule has 1 aliphatic rings. The Balaban J connectivity index is 2.45. The number of nitrogens with one attached hydrogen (secondary N) is 2. The second kappa shape index (κ2) is 8.99. The van der Waals surface area contributed by atoms with Crippen molar-refractivity contribution in [3.05, 3.63) is 28.8 Å². The second-order valence-electron chi connectivity index (χ2n) is 7.65. The molecule has 1 aromatic carbocycles. The number of amides is 1. The summed E-state index contributed by atoms with van der Waals surface area (Å²) < 4.78 is 112. The topological polar surface area (TPSA) is 146 Å². The van der Waals surface area contributed by atoms with Gasteiger partial charge in [0.15, 0.2) is 0 Å². The van der Waals surface area contributed by atoms with Crippen molar-refractivity contribution in [3.63, 3.8) is 0 Å². The van der Waals surface area contributed by atoms with Gasteiger partial charge < -0.3 is 20.9 Å². The minimum atomic E-state index is -10.2. The first-order valence-corrected chi connectivity index (χ1v) is 11.7. The molecule has 0 bridgehead atoms. The van der Waals surface area contributed by atoms with Gasteiger partial charge in [-0.3, -0.25) is 15.0 Å². The summed E-state index contributed by atoms with van der Waals surface area (Å²) in [5, 5.41) is 19.6. The Morgan fingerprint density at radius 3 is 2.33 bits per heavy atom. The average Bonchev–Trinajstić information content (AvgIpc) is 2.72. The molecule has 2 rings (SSSR count). The molecule has 204 valence electrons. The number of hydroxylamine groups is 1. The molecule has 1 amide bonds. The van der Waals surface area contributed by atoms with Crippen LogP contribution in [0.1, 0.15) is 24.0 Å². The Labute approximate surface area is 197 Å². The molecule has 0 saturated heterocycles. The summed E-state index contributed by atoms with van der Waals surface area (Å²) in [6.45, 7) is 0.667. The van der Waals surface area contributed by atoms with Crippen molar-refractivity contribution in [3.8, 4) is 5.75 Å². The third-order valence-corrected chi connectivity index (χ3v) is 5.89. The number of carbonyl (C=O) groups is 2. The molecule has 1 aromatic rings. The molecule has 0 saturated carbocycles. The Morgan fingerprint density at radius 2 is 1.83 bits per heavy atom. The fourth-order valence-corrected chi connectivity index (χ4v) is 3.89. The van der Waals surface area contributed by atoms with Gasteiger partial charge in [0.25, 0.3) is 5.91 Å². The molecule has 0 radical (unpaired) electrons. The Hall–Kier alpha value is -3.28. The highest BCUT2D eigenvalue weighted by molar-refractivity contribution is 8.45. The number of aryl methyl sites for hydroxylation is 1. The molecular formula is C18H20F8N4O5S. The number of guanidine groups is 1. The number of alkyl halides is 3. The van der Waals surface area contributed by atoms with E-state index in [0.717, 1.165) is 6.92 Å². The number of nitrogens with two attached hydrogens (primary N) is 1. The second-order valence-corrected chi connectivity index (χ2v) is 10.1. The van der Waals surface area contributed by atoms with Gasteiger partial charge in [0.2, 0.25) is 12.1 Å². The molecule has 0 fully saturated rings. The van der Waals surface area contributed by atoms with Gasteiger partial charge in [-0.2, -0.15) is 13.2 Å². The summed E-state index contributed by atoms with van der Waals surface area (Å²) in [4.78, 5) is 25.2. The molecule has 0 spiro atoms. The van der Waals surface area contributed by atoms with Crippen LogP contribution in [0.2, 0.25) is 0 Å². The summed E-state index contributed by atoms with van der Waals surface area (Å²) >= 11 is 0. The van der Waals surface area contributed by atoms with Crippen LogP contribution in [0.4, 0.5) is 32.6 Å². The number of rotatable bonds is 8. The van der Waals surface area contributed by atoms with Gasteiger partial charge >= 0.3 is 22.4 Å². The first-order valence-electron chi connectivity index (χ1n) is 9.71. The molecular weight excluding hydrogens is 536 g/mol. The Morgan fingerprint density at radius 1 is 1.22 bits per heavy atom. The molecule has 1 aliphatic heterocycles. The van der Waals surface area contributed by atoms with Crippen LogP contribution in [0.5, 0.6) is 5.75 Å². The van der Waals surface area contributed by atoms with Crippen molar-refractivity contribution < 1.29 is 57.2 Å². The number of hydrogen-bond acceptors (Lipinski definition) is 5. The number of ether oxygens (including phenoxy) is 1. The number of hydrogen-bond donors (Lipinski definition) is 5. The zero-order chi connectivity index (χ0) is 27.8. The van der Waals surface area contributed by atoms with E-state index in [2.05, 4.69) is 4.99 Å². The highest BCUT2D eigenvalue weighted by Gasteiger charge is 2.65. The summed E-state index contributed by atoms with van der Waals surface area (Å²) in [7, 11) is -10.2. The standard InChI is InChI=1S/C18H20F8N4O5S/c1-8-5-10(36(22,23,24,25)26)6-9-7-11(14(18(19,20)21)35-13(8)9)15(31)29-12(16(32)33)3-2-4-28-17(27)30-34/h5-7,12,14,34H,2-4H2,1H3,(H,29,31)(H,32,33)(H3,27,28,30)/t12?,14-/m0/s1. The first kappa shape index (κ1) is 29.0. The van der Waals surface area contributed by atoms with Gasteiger partial charge in [0.05, 0.1) is 5.57 Å². The molecule has 0 aliphatic carbocycles. The molecule has 36 heavy (non-hydrogen) atoms. The van der Waals surface area contributed by atoms with Crippen LogP contribution in [0, 0.1) is 6.92 Å². The highest BCUT2D eigenvalue weighted by atomic mass is 32.5. The van der Waals surface area contributed by atoms with E-state index in [-0.39, 0.29) is 31.5 Å². The van der Waals surface area contributed by atoms with Crippen LogP contribution in [0.15, 0.2) is 27.6 Å². The number of carboxylic acids is 1. The lowest BCUT2D eigenvalue weighted by atomic mass is 9.98. The van der Waals surface area contributed by atoms with Gasteiger partial charge in [-0.05, 0) is 43.5 Å². The normalized spacial score (nSPS) is 19.1. The van der Waals surface area contributed by atoms with Crippen LogP contribution >= 0.6 is 10.2 Å². The van der Waals surface area contributed by atoms with Gasteiger partial charge in [-0.1, -0.05) is 19.4 Å². The summed E-state index contributed by atoms with van der Waals surface area (Å²) in [5.41, 5.74) is 3.73. The van der Waals surface area contributed by atoms with E-state index in [1.54, 1.807) is 5.32 Å². The predicted molar refractivity (Wildman–Crippen MR) is 111 cm³/mol. The number of halogens is 8. The van der Waals surface area contributed by atoms with Crippen molar-refractivity contribution in [2.75, 3.05) is 6.54 Å². The largest absolute Gasteiger partial charge is 0.480 e.